The number of aliphatic hydroxyl groups is 1. The maximum Gasteiger partial charge on any atom is 0.225 e. The van der Waals surface area contributed by atoms with Gasteiger partial charge in [0.05, 0.1) is 30.2 Å². The van der Waals surface area contributed by atoms with Crippen LogP contribution >= 0.6 is 11.6 Å². The maximum absolute atomic E-state index is 13.6. The van der Waals surface area contributed by atoms with Crippen LogP contribution in [0.2, 0.25) is 5.02 Å². The van der Waals surface area contributed by atoms with E-state index < -0.39 is 12.1 Å². The second-order valence-electron chi connectivity index (χ2n) is 10.8. The Labute approximate surface area is 232 Å². The predicted octanol–water partition coefficient (Wildman–Crippen LogP) is 4.16. The van der Waals surface area contributed by atoms with Gasteiger partial charge in [0.25, 0.3) is 0 Å². The standard InChI is InChI=1S/C30H33ClFN3O4/c31-26-14-21(4-7-28(26)39-25-17-38-18-25)29(36)27(16-34-9-1-10-34)33-30(37)22-8-11-35(15-22)24-6-3-19-12-23(32)5-2-20(19)13-24/h2-7,12-14,22,25,27,29,36H,1,8-11,15-18H2,(H,33,37)/t22?,27-,29-/m1/s1. The van der Waals surface area contributed by atoms with Gasteiger partial charge in [0.15, 0.2) is 0 Å². The molecule has 1 amide bonds. The Morgan fingerprint density at radius 1 is 1.10 bits per heavy atom. The highest BCUT2D eigenvalue weighted by Gasteiger charge is 2.33. The van der Waals surface area contributed by atoms with Gasteiger partial charge in [0.2, 0.25) is 5.91 Å². The van der Waals surface area contributed by atoms with Crippen molar-refractivity contribution in [2.45, 2.75) is 31.1 Å². The molecule has 6 rings (SSSR count). The third-order valence-corrected chi connectivity index (χ3v) is 8.32. The number of fused-ring (bicyclic) bond motifs is 1. The summed E-state index contributed by atoms with van der Waals surface area (Å²) in [5, 5.41) is 16.8. The first kappa shape index (κ1) is 26.3. The number of nitrogens with one attached hydrogen (secondary N) is 1. The van der Waals surface area contributed by atoms with E-state index in [1.807, 2.05) is 24.3 Å². The molecule has 3 aliphatic heterocycles. The fourth-order valence-corrected chi connectivity index (χ4v) is 5.70. The summed E-state index contributed by atoms with van der Waals surface area (Å²) in [4.78, 5) is 17.9. The van der Waals surface area contributed by atoms with Gasteiger partial charge in [-0.25, -0.2) is 4.39 Å². The van der Waals surface area contributed by atoms with Crippen LogP contribution in [-0.2, 0) is 9.53 Å². The minimum absolute atomic E-state index is 0.000286. The molecule has 2 N–H and O–H groups in total. The zero-order chi connectivity index (χ0) is 26.9. The summed E-state index contributed by atoms with van der Waals surface area (Å²) in [6.45, 7) is 4.92. The SMILES string of the molecule is O=C(N[C@H](CN1CCC1)[C@H](O)c1ccc(OC2COC2)c(Cl)c1)C1CCN(c2ccc3cc(F)ccc3c2)C1. The average Bonchev–Trinajstić information content (AvgIpc) is 3.38. The molecule has 3 saturated heterocycles. The van der Waals surface area contributed by atoms with Crippen LogP contribution in [0.15, 0.2) is 54.6 Å². The van der Waals surface area contributed by atoms with E-state index in [0.717, 1.165) is 48.9 Å². The molecule has 9 heteroatoms. The molecule has 3 aromatic carbocycles. The van der Waals surface area contributed by atoms with Gasteiger partial charge < -0.3 is 29.7 Å². The molecule has 3 fully saturated rings. The Balaban J connectivity index is 1.12. The van der Waals surface area contributed by atoms with Crippen LogP contribution in [0, 0.1) is 11.7 Å². The number of likely N-dealkylation sites (tertiary alicyclic amines) is 1. The van der Waals surface area contributed by atoms with Crippen molar-refractivity contribution in [2.75, 3.05) is 50.8 Å². The van der Waals surface area contributed by atoms with Gasteiger partial charge in [-0.1, -0.05) is 29.8 Å². The molecule has 206 valence electrons. The Bertz CT molecular complexity index is 1350. The molecular formula is C30H33ClFN3O4. The van der Waals surface area contributed by atoms with Crippen molar-refractivity contribution in [1.29, 1.82) is 0 Å². The summed E-state index contributed by atoms with van der Waals surface area (Å²) in [7, 11) is 0. The highest BCUT2D eigenvalue weighted by atomic mass is 35.5. The van der Waals surface area contributed by atoms with Crippen molar-refractivity contribution < 1.29 is 23.8 Å². The van der Waals surface area contributed by atoms with Crippen LogP contribution in [0.25, 0.3) is 10.8 Å². The second-order valence-corrected chi connectivity index (χ2v) is 11.2. The number of rotatable bonds is 9. The number of ether oxygens (including phenoxy) is 2. The third-order valence-electron chi connectivity index (χ3n) is 8.02. The molecule has 0 aromatic heterocycles. The highest BCUT2D eigenvalue weighted by Crippen LogP contribution is 2.32. The zero-order valence-corrected chi connectivity index (χ0v) is 22.4. The van der Waals surface area contributed by atoms with Gasteiger partial charge in [-0.2, -0.15) is 0 Å². The van der Waals surface area contributed by atoms with Crippen LogP contribution in [0.5, 0.6) is 5.75 Å². The molecule has 3 atom stereocenters. The first-order valence-electron chi connectivity index (χ1n) is 13.6. The summed E-state index contributed by atoms with van der Waals surface area (Å²) >= 11 is 6.48. The second kappa shape index (κ2) is 11.3. The van der Waals surface area contributed by atoms with E-state index in [-0.39, 0.29) is 23.7 Å². The van der Waals surface area contributed by atoms with E-state index in [4.69, 9.17) is 21.1 Å². The van der Waals surface area contributed by atoms with Crippen molar-refractivity contribution in [3.63, 3.8) is 0 Å². The van der Waals surface area contributed by atoms with Crippen molar-refractivity contribution in [3.05, 3.63) is 71.0 Å². The molecule has 7 nitrogen and oxygen atoms in total. The Morgan fingerprint density at radius 3 is 2.62 bits per heavy atom. The number of halogens is 2. The largest absolute Gasteiger partial charge is 0.484 e. The topological polar surface area (TPSA) is 74.3 Å². The Hall–Kier alpha value is -2.91. The summed E-state index contributed by atoms with van der Waals surface area (Å²) < 4.78 is 24.6. The number of benzene rings is 3. The molecule has 0 aliphatic carbocycles. The molecule has 1 unspecified atom stereocenters. The van der Waals surface area contributed by atoms with Gasteiger partial charge in [-0.05, 0) is 78.7 Å². The number of hydrogen-bond acceptors (Lipinski definition) is 6. The van der Waals surface area contributed by atoms with Crippen LogP contribution in [0.3, 0.4) is 0 Å². The summed E-state index contributed by atoms with van der Waals surface area (Å²) in [6.07, 6.45) is 0.935. The first-order chi connectivity index (χ1) is 18.9. The van der Waals surface area contributed by atoms with E-state index in [1.54, 1.807) is 18.2 Å². The van der Waals surface area contributed by atoms with Crippen LogP contribution < -0.4 is 15.0 Å². The van der Waals surface area contributed by atoms with Gasteiger partial charge in [-0.15, -0.1) is 0 Å². The lowest BCUT2D eigenvalue weighted by atomic mass is 9.99. The zero-order valence-electron chi connectivity index (χ0n) is 21.7. The summed E-state index contributed by atoms with van der Waals surface area (Å²) in [5.74, 6) is 0.0672. The lowest BCUT2D eigenvalue weighted by Crippen LogP contribution is -2.52. The molecule has 0 saturated carbocycles. The molecule has 39 heavy (non-hydrogen) atoms. The van der Waals surface area contributed by atoms with Crippen molar-refractivity contribution in [3.8, 4) is 5.75 Å². The van der Waals surface area contributed by atoms with Crippen LogP contribution in [0.4, 0.5) is 10.1 Å². The van der Waals surface area contributed by atoms with E-state index in [1.165, 1.54) is 12.1 Å². The molecule has 3 heterocycles. The van der Waals surface area contributed by atoms with Crippen molar-refractivity contribution in [2.24, 2.45) is 5.92 Å². The quantitative estimate of drug-likeness (QED) is 0.414. The smallest absolute Gasteiger partial charge is 0.225 e. The molecule has 3 aromatic rings. The lowest BCUT2D eigenvalue weighted by molar-refractivity contribution is -0.126. The molecular weight excluding hydrogens is 521 g/mol. The minimum atomic E-state index is -0.911. The lowest BCUT2D eigenvalue weighted by Gasteiger charge is -2.36. The number of anilines is 1. The van der Waals surface area contributed by atoms with Crippen molar-refractivity contribution >= 4 is 34.0 Å². The van der Waals surface area contributed by atoms with E-state index >= 15 is 0 Å². The monoisotopic (exact) mass is 553 g/mol. The van der Waals surface area contributed by atoms with E-state index in [2.05, 4.69) is 15.1 Å². The fraction of sp³-hybridized carbons (Fsp3) is 0.433. The van der Waals surface area contributed by atoms with Gasteiger partial charge >= 0.3 is 0 Å². The molecule has 0 bridgehead atoms. The molecule has 3 aliphatic rings. The van der Waals surface area contributed by atoms with Gasteiger partial charge in [0.1, 0.15) is 23.8 Å². The van der Waals surface area contributed by atoms with E-state index in [0.29, 0.717) is 42.6 Å². The van der Waals surface area contributed by atoms with Gasteiger partial charge in [-0.3, -0.25) is 4.79 Å². The number of carbonyl (C=O) groups excluding carboxylic acids is 1. The molecule has 0 radical (unpaired) electrons. The Morgan fingerprint density at radius 2 is 1.90 bits per heavy atom. The minimum Gasteiger partial charge on any atom is -0.484 e. The predicted molar refractivity (Wildman–Crippen MR) is 149 cm³/mol. The van der Waals surface area contributed by atoms with Crippen molar-refractivity contribution in [1.82, 2.24) is 10.2 Å². The van der Waals surface area contributed by atoms with Crippen LogP contribution in [0.1, 0.15) is 24.5 Å². The first-order valence-corrected chi connectivity index (χ1v) is 14.0. The summed E-state index contributed by atoms with van der Waals surface area (Å²) in [6, 6.07) is 15.5. The maximum atomic E-state index is 13.6. The van der Waals surface area contributed by atoms with Gasteiger partial charge in [0, 0.05) is 25.3 Å². The highest BCUT2D eigenvalue weighted by molar-refractivity contribution is 6.32. The third kappa shape index (κ3) is 5.84. The number of amides is 1. The Kier molecular flexibility index (Phi) is 7.62. The fourth-order valence-electron chi connectivity index (χ4n) is 5.47. The van der Waals surface area contributed by atoms with E-state index in [9.17, 15) is 14.3 Å². The number of hydrogen-bond donors (Lipinski definition) is 2. The number of carbonyl (C=O) groups is 1. The average molecular weight is 554 g/mol. The number of nitrogens with zero attached hydrogens (tertiary/aromatic N) is 2. The number of aliphatic hydroxyl groups excluding tert-OH is 1. The van der Waals surface area contributed by atoms with Crippen LogP contribution in [-0.4, -0.2) is 74.0 Å². The summed E-state index contributed by atoms with van der Waals surface area (Å²) in [5.41, 5.74) is 1.66. The normalized spacial score (nSPS) is 21.3. The molecule has 0 spiro atoms.